The minimum atomic E-state index is -0.130. The molecule has 0 bridgehead atoms. The van der Waals surface area contributed by atoms with Crippen LogP contribution in [0.2, 0.25) is 0 Å². The van der Waals surface area contributed by atoms with E-state index in [0.717, 1.165) is 34.4 Å². The van der Waals surface area contributed by atoms with Crippen molar-refractivity contribution >= 4 is 22.6 Å². The second kappa shape index (κ2) is 7.10. The summed E-state index contributed by atoms with van der Waals surface area (Å²) < 4.78 is 0. The number of anilines is 1. The second-order valence-electron chi connectivity index (χ2n) is 5.84. The summed E-state index contributed by atoms with van der Waals surface area (Å²) in [5.41, 5.74) is 3.72. The normalized spacial score (nSPS) is 11.5. The molecule has 1 amide bonds. The number of carbonyl (C=O) groups is 1. The topological polar surface area (TPSA) is 61.0 Å². The number of benzene rings is 1. The number of hydrogen-bond donors (Lipinski definition) is 2. The molecule has 0 saturated carbocycles. The smallest absolute Gasteiger partial charge is 0.248 e. The van der Waals surface area contributed by atoms with E-state index in [-0.39, 0.29) is 5.91 Å². The number of nitrogens with one attached hydrogen (secondary N) is 2. The number of aromatic nitrogens is 2. The number of carbonyl (C=O) groups excluding carboxylic acids is 1. The SMILES string of the molecule is CN(C)C/C=C/C(=O)Nc1cccc(-c2c[nH]c3ncccc23)c1. The maximum absolute atomic E-state index is 12.0. The van der Waals surface area contributed by atoms with Gasteiger partial charge in [-0.1, -0.05) is 18.2 Å². The van der Waals surface area contributed by atoms with Gasteiger partial charge in [-0.25, -0.2) is 4.98 Å². The van der Waals surface area contributed by atoms with E-state index in [9.17, 15) is 4.79 Å². The van der Waals surface area contributed by atoms with Crippen LogP contribution in [0.5, 0.6) is 0 Å². The van der Waals surface area contributed by atoms with Crippen molar-refractivity contribution < 1.29 is 4.79 Å². The maximum atomic E-state index is 12.0. The van der Waals surface area contributed by atoms with Crippen LogP contribution in [0.25, 0.3) is 22.2 Å². The average Bonchev–Trinajstić information content (AvgIpc) is 2.99. The number of aromatic amines is 1. The van der Waals surface area contributed by atoms with Crippen LogP contribution in [0, 0.1) is 0 Å². The first-order valence-corrected chi connectivity index (χ1v) is 7.78. The Morgan fingerprint density at radius 2 is 2.17 bits per heavy atom. The van der Waals surface area contributed by atoms with Gasteiger partial charge in [-0.2, -0.15) is 0 Å². The molecule has 0 fully saturated rings. The zero-order valence-electron chi connectivity index (χ0n) is 13.8. The molecule has 0 saturated heterocycles. The lowest BCUT2D eigenvalue weighted by Crippen LogP contribution is -2.12. The second-order valence-corrected chi connectivity index (χ2v) is 5.84. The summed E-state index contributed by atoms with van der Waals surface area (Å²) in [7, 11) is 3.92. The molecule has 0 spiro atoms. The third-order valence-corrected chi connectivity index (χ3v) is 3.63. The summed E-state index contributed by atoms with van der Waals surface area (Å²) in [5, 5.41) is 3.96. The van der Waals surface area contributed by atoms with Gasteiger partial charge < -0.3 is 15.2 Å². The Labute approximate surface area is 141 Å². The molecule has 24 heavy (non-hydrogen) atoms. The van der Waals surface area contributed by atoms with Crippen molar-refractivity contribution in [1.29, 1.82) is 0 Å². The van der Waals surface area contributed by atoms with Crippen molar-refractivity contribution in [3.05, 3.63) is 60.9 Å². The highest BCUT2D eigenvalue weighted by Crippen LogP contribution is 2.29. The highest BCUT2D eigenvalue weighted by Gasteiger charge is 2.07. The van der Waals surface area contributed by atoms with Gasteiger partial charge in [0.2, 0.25) is 5.91 Å². The van der Waals surface area contributed by atoms with Gasteiger partial charge in [0.05, 0.1) is 0 Å². The number of H-pyrrole nitrogens is 1. The molecule has 0 unspecified atom stereocenters. The Balaban J connectivity index is 1.79. The van der Waals surface area contributed by atoms with Gasteiger partial charge in [0, 0.05) is 41.7 Å². The highest BCUT2D eigenvalue weighted by molar-refractivity contribution is 6.00. The minimum Gasteiger partial charge on any atom is -0.346 e. The summed E-state index contributed by atoms with van der Waals surface area (Å²) in [6.45, 7) is 0.732. The Bertz CT molecular complexity index is 880. The predicted octanol–water partition coefficient (Wildman–Crippen LogP) is 3.29. The number of amides is 1. The van der Waals surface area contributed by atoms with Crippen molar-refractivity contribution in [2.24, 2.45) is 0 Å². The number of nitrogens with zero attached hydrogens (tertiary/aromatic N) is 2. The van der Waals surface area contributed by atoms with Crippen LogP contribution in [0.4, 0.5) is 5.69 Å². The van der Waals surface area contributed by atoms with E-state index < -0.39 is 0 Å². The third kappa shape index (κ3) is 3.70. The molecule has 2 aromatic heterocycles. The van der Waals surface area contributed by atoms with Crippen LogP contribution in [-0.4, -0.2) is 41.4 Å². The molecule has 0 atom stereocenters. The number of hydrogen-bond acceptors (Lipinski definition) is 3. The Morgan fingerprint density at radius 1 is 1.29 bits per heavy atom. The fourth-order valence-corrected chi connectivity index (χ4v) is 2.51. The van der Waals surface area contributed by atoms with Gasteiger partial charge in [-0.3, -0.25) is 4.79 Å². The Kier molecular flexibility index (Phi) is 4.72. The Morgan fingerprint density at radius 3 is 3.00 bits per heavy atom. The third-order valence-electron chi connectivity index (χ3n) is 3.63. The lowest BCUT2D eigenvalue weighted by atomic mass is 10.1. The van der Waals surface area contributed by atoms with Crippen molar-refractivity contribution in [3.63, 3.8) is 0 Å². The van der Waals surface area contributed by atoms with E-state index in [1.165, 1.54) is 0 Å². The van der Waals surface area contributed by atoms with E-state index in [4.69, 9.17) is 0 Å². The molecule has 5 nitrogen and oxygen atoms in total. The molecule has 5 heteroatoms. The summed E-state index contributed by atoms with van der Waals surface area (Å²) in [6.07, 6.45) is 7.10. The number of fused-ring (bicyclic) bond motifs is 1. The van der Waals surface area contributed by atoms with Crippen LogP contribution >= 0.6 is 0 Å². The van der Waals surface area contributed by atoms with E-state index in [2.05, 4.69) is 15.3 Å². The van der Waals surface area contributed by atoms with Crippen LogP contribution < -0.4 is 5.32 Å². The molecule has 0 aliphatic carbocycles. The highest BCUT2D eigenvalue weighted by atomic mass is 16.1. The molecule has 2 N–H and O–H groups in total. The average molecular weight is 320 g/mol. The quantitative estimate of drug-likeness (QED) is 0.709. The van der Waals surface area contributed by atoms with Crippen molar-refractivity contribution in [2.45, 2.75) is 0 Å². The van der Waals surface area contributed by atoms with E-state index in [1.807, 2.05) is 67.7 Å². The first-order chi connectivity index (χ1) is 11.6. The Hall–Kier alpha value is -2.92. The van der Waals surface area contributed by atoms with Crippen molar-refractivity contribution in [2.75, 3.05) is 26.0 Å². The van der Waals surface area contributed by atoms with Gasteiger partial charge >= 0.3 is 0 Å². The van der Waals surface area contributed by atoms with E-state index >= 15 is 0 Å². The standard InChI is InChI=1S/C19H20N4O/c1-23(2)11-5-9-18(24)22-15-7-3-6-14(12-15)17-13-21-19-16(17)8-4-10-20-19/h3-10,12-13H,11H2,1-2H3,(H,20,21)(H,22,24)/b9-5+. The molecular weight excluding hydrogens is 300 g/mol. The van der Waals surface area contributed by atoms with Crippen LogP contribution in [-0.2, 0) is 4.79 Å². The van der Waals surface area contributed by atoms with E-state index in [1.54, 1.807) is 12.3 Å². The minimum absolute atomic E-state index is 0.130. The summed E-state index contributed by atoms with van der Waals surface area (Å²) in [4.78, 5) is 21.4. The zero-order valence-corrected chi connectivity index (χ0v) is 13.8. The largest absolute Gasteiger partial charge is 0.346 e. The molecular formula is C19H20N4O. The lowest BCUT2D eigenvalue weighted by Gasteiger charge is -2.06. The van der Waals surface area contributed by atoms with Crippen molar-refractivity contribution in [1.82, 2.24) is 14.9 Å². The monoisotopic (exact) mass is 320 g/mol. The molecule has 3 rings (SSSR count). The van der Waals surface area contributed by atoms with Gasteiger partial charge in [-0.15, -0.1) is 0 Å². The summed E-state index contributed by atoms with van der Waals surface area (Å²) in [5.74, 6) is -0.130. The summed E-state index contributed by atoms with van der Waals surface area (Å²) in [6, 6.07) is 11.8. The summed E-state index contributed by atoms with van der Waals surface area (Å²) >= 11 is 0. The van der Waals surface area contributed by atoms with Crippen LogP contribution in [0.3, 0.4) is 0 Å². The van der Waals surface area contributed by atoms with E-state index in [0.29, 0.717) is 0 Å². The van der Waals surface area contributed by atoms with Gasteiger partial charge in [0.1, 0.15) is 5.65 Å². The van der Waals surface area contributed by atoms with Crippen LogP contribution in [0.15, 0.2) is 60.9 Å². The maximum Gasteiger partial charge on any atom is 0.248 e. The molecule has 2 heterocycles. The van der Waals surface area contributed by atoms with Gasteiger partial charge in [-0.05, 0) is 43.9 Å². The molecule has 0 aliphatic heterocycles. The van der Waals surface area contributed by atoms with Gasteiger partial charge in [0.25, 0.3) is 0 Å². The zero-order chi connectivity index (χ0) is 16.9. The fraction of sp³-hybridized carbons (Fsp3) is 0.158. The molecule has 3 aromatic rings. The van der Waals surface area contributed by atoms with Crippen LogP contribution in [0.1, 0.15) is 0 Å². The molecule has 0 aliphatic rings. The predicted molar refractivity (Wildman–Crippen MR) is 97.9 cm³/mol. The number of pyridine rings is 1. The molecule has 0 radical (unpaired) electrons. The molecule has 122 valence electrons. The lowest BCUT2D eigenvalue weighted by molar-refractivity contribution is -0.111. The number of rotatable bonds is 5. The number of likely N-dealkylation sites (N-methyl/N-ethyl adjacent to an activating group) is 1. The first kappa shape index (κ1) is 16.0. The van der Waals surface area contributed by atoms with Gasteiger partial charge in [0.15, 0.2) is 0 Å². The fourth-order valence-electron chi connectivity index (χ4n) is 2.51. The first-order valence-electron chi connectivity index (χ1n) is 7.78. The molecule has 1 aromatic carbocycles. The van der Waals surface area contributed by atoms with Crippen molar-refractivity contribution in [3.8, 4) is 11.1 Å².